The van der Waals surface area contributed by atoms with Gasteiger partial charge in [0, 0.05) is 30.8 Å². The highest BCUT2D eigenvalue weighted by Crippen LogP contribution is 2.39. The Balaban J connectivity index is 1.16. The number of benzene rings is 2. The van der Waals surface area contributed by atoms with Crippen LogP contribution in [0.1, 0.15) is 42.2 Å². The van der Waals surface area contributed by atoms with Crippen molar-refractivity contribution in [2.75, 3.05) is 24.6 Å². The molecule has 3 N–H and O–H groups in total. The fourth-order valence-corrected chi connectivity index (χ4v) is 6.91. The Hall–Kier alpha value is -3.89. The van der Waals surface area contributed by atoms with E-state index < -0.39 is 48.7 Å². The smallest absolute Gasteiger partial charge is 0.166 e. The number of piperidine rings is 1. The number of nitrogens with zero attached hydrogens (tertiary/aromatic N) is 8. The molecule has 2 saturated heterocycles. The maximum atomic E-state index is 15.2. The molecular formula is C29H30F2N8O4S. The zero-order chi connectivity index (χ0) is 30.5. The molecule has 2 fully saturated rings. The maximum Gasteiger partial charge on any atom is 0.166 e. The van der Waals surface area contributed by atoms with Crippen LogP contribution in [0.5, 0.6) is 0 Å². The molecule has 5 aromatic rings. The summed E-state index contributed by atoms with van der Waals surface area (Å²) in [6.45, 7) is 2.20. The molecule has 230 valence electrons. The summed E-state index contributed by atoms with van der Waals surface area (Å²) in [6, 6.07) is 7.55. The standard InChI is InChI=1S/C29H30F2N8O4S/c1-15-33-21-3-2-17(10-26(21)44-15)38-14-32-35-29(38)24-11-23(28(42)25(13-40)43-24)39-12-22(34-36-39)16-8-19(30)27(20(31)9-16)37-6-4-18(41)5-7-37/h2-3,8-10,12,14,18,23-25,28,40-42H,4-7,11,13H2,1H3. The molecule has 4 unspecified atom stereocenters. The van der Waals surface area contributed by atoms with Crippen molar-refractivity contribution in [1.29, 1.82) is 0 Å². The number of aromatic nitrogens is 7. The van der Waals surface area contributed by atoms with Crippen LogP contribution in [-0.4, -0.2) is 88.1 Å². The Bertz CT molecular complexity index is 1780. The second-order valence-electron chi connectivity index (χ2n) is 11.2. The summed E-state index contributed by atoms with van der Waals surface area (Å²) in [4.78, 5) is 6.11. The van der Waals surface area contributed by atoms with Gasteiger partial charge in [-0.15, -0.1) is 26.6 Å². The minimum Gasteiger partial charge on any atom is -0.394 e. The third kappa shape index (κ3) is 5.24. The van der Waals surface area contributed by atoms with Gasteiger partial charge in [-0.25, -0.2) is 18.4 Å². The SMILES string of the molecule is Cc1nc2ccc(-n3cnnc3C3CC(n4cc(-c5cc(F)c(N6CCC(O)CC6)c(F)c5)nn4)C(O)C(CO)O3)cc2s1. The molecule has 5 heterocycles. The van der Waals surface area contributed by atoms with Crippen molar-refractivity contribution >= 4 is 27.2 Å². The first kappa shape index (κ1) is 28.9. The molecular weight excluding hydrogens is 594 g/mol. The monoisotopic (exact) mass is 624 g/mol. The summed E-state index contributed by atoms with van der Waals surface area (Å²) in [5.74, 6) is -0.988. The maximum absolute atomic E-state index is 15.2. The molecule has 3 aromatic heterocycles. The third-order valence-corrected chi connectivity index (χ3v) is 9.25. The van der Waals surface area contributed by atoms with Gasteiger partial charge in [0.05, 0.1) is 40.2 Å². The summed E-state index contributed by atoms with van der Waals surface area (Å²) in [6.07, 6.45) is 0.936. The second-order valence-corrected chi connectivity index (χ2v) is 12.4. The van der Waals surface area contributed by atoms with Crippen LogP contribution in [0.3, 0.4) is 0 Å². The zero-order valence-electron chi connectivity index (χ0n) is 23.7. The molecule has 2 aliphatic rings. The number of anilines is 1. The number of rotatable bonds is 6. The summed E-state index contributed by atoms with van der Waals surface area (Å²) in [7, 11) is 0. The number of halogens is 2. The second kappa shape index (κ2) is 11.6. The van der Waals surface area contributed by atoms with Crippen molar-refractivity contribution in [3.05, 3.63) is 65.3 Å². The zero-order valence-corrected chi connectivity index (χ0v) is 24.5. The van der Waals surface area contributed by atoms with Crippen molar-refractivity contribution in [2.45, 2.75) is 56.6 Å². The van der Waals surface area contributed by atoms with Gasteiger partial charge in [0.2, 0.25) is 0 Å². The van der Waals surface area contributed by atoms with Crippen LogP contribution >= 0.6 is 11.3 Å². The van der Waals surface area contributed by atoms with E-state index in [1.54, 1.807) is 27.1 Å². The predicted octanol–water partition coefficient (Wildman–Crippen LogP) is 3.11. The van der Waals surface area contributed by atoms with Gasteiger partial charge in [0.15, 0.2) is 5.82 Å². The van der Waals surface area contributed by atoms with E-state index in [-0.39, 0.29) is 23.4 Å². The van der Waals surface area contributed by atoms with E-state index in [9.17, 15) is 15.3 Å². The van der Waals surface area contributed by atoms with Crippen molar-refractivity contribution < 1.29 is 28.8 Å². The van der Waals surface area contributed by atoms with E-state index in [0.717, 1.165) is 20.9 Å². The van der Waals surface area contributed by atoms with Gasteiger partial charge in [-0.05, 0) is 50.1 Å². The third-order valence-electron chi connectivity index (χ3n) is 8.31. The molecule has 4 atom stereocenters. The summed E-state index contributed by atoms with van der Waals surface area (Å²) >= 11 is 1.58. The van der Waals surface area contributed by atoms with E-state index in [4.69, 9.17) is 4.74 Å². The van der Waals surface area contributed by atoms with E-state index in [2.05, 4.69) is 25.5 Å². The van der Waals surface area contributed by atoms with Gasteiger partial charge >= 0.3 is 0 Å². The molecule has 2 aliphatic heterocycles. The molecule has 0 aliphatic carbocycles. The number of hydrogen-bond donors (Lipinski definition) is 3. The van der Waals surface area contributed by atoms with Crippen molar-refractivity contribution in [1.82, 2.24) is 34.7 Å². The quantitative estimate of drug-likeness (QED) is 0.258. The lowest BCUT2D eigenvalue weighted by atomic mass is 9.95. The number of aryl methyl sites for hydroxylation is 1. The molecule has 0 radical (unpaired) electrons. The number of ether oxygens (including phenoxy) is 1. The van der Waals surface area contributed by atoms with E-state index in [1.165, 1.54) is 23.0 Å². The van der Waals surface area contributed by atoms with Gasteiger partial charge in [-0.2, -0.15) is 0 Å². The Morgan fingerprint density at radius 1 is 1.07 bits per heavy atom. The summed E-state index contributed by atoms with van der Waals surface area (Å²) in [5, 5.41) is 48.6. The number of aliphatic hydroxyl groups excluding tert-OH is 3. The highest BCUT2D eigenvalue weighted by Gasteiger charge is 2.41. The van der Waals surface area contributed by atoms with Gasteiger partial charge in [0.25, 0.3) is 0 Å². The molecule has 0 amide bonds. The fourth-order valence-electron chi connectivity index (χ4n) is 6.05. The molecule has 2 aromatic carbocycles. The van der Waals surface area contributed by atoms with Crippen LogP contribution in [0.15, 0.2) is 42.9 Å². The minimum absolute atomic E-state index is 0.129. The van der Waals surface area contributed by atoms with Crippen molar-refractivity contribution in [3.8, 4) is 16.9 Å². The highest BCUT2D eigenvalue weighted by molar-refractivity contribution is 7.18. The average molecular weight is 625 g/mol. The minimum atomic E-state index is -1.15. The Morgan fingerprint density at radius 3 is 2.59 bits per heavy atom. The molecule has 0 saturated carbocycles. The molecule has 7 rings (SSSR count). The average Bonchev–Trinajstić information content (AvgIpc) is 3.77. The van der Waals surface area contributed by atoms with E-state index >= 15 is 8.78 Å². The van der Waals surface area contributed by atoms with Gasteiger partial charge < -0.3 is 25.0 Å². The first-order valence-corrected chi connectivity index (χ1v) is 15.2. The summed E-state index contributed by atoms with van der Waals surface area (Å²) < 4.78 is 40.7. The fraction of sp³-hybridized carbons (Fsp3) is 0.414. The first-order valence-electron chi connectivity index (χ1n) is 14.3. The molecule has 15 heteroatoms. The van der Waals surface area contributed by atoms with E-state index in [1.807, 2.05) is 25.1 Å². The molecule has 0 spiro atoms. The van der Waals surface area contributed by atoms with Crippen LogP contribution < -0.4 is 4.90 Å². The lowest BCUT2D eigenvalue weighted by molar-refractivity contribution is -0.161. The van der Waals surface area contributed by atoms with E-state index in [0.29, 0.717) is 31.8 Å². The Morgan fingerprint density at radius 2 is 1.84 bits per heavy atom. The van der Waals surface area contributed by atoms with Crippen molar-refractivity contribution in [2.24, 2.45) is 0 Å². The van der Waals surface area contributed by atoms with Crippen LogP contribution in [-0.2, 0) is 4.74 Å². The van der Waals surface area contributed by atoms with Crippen LogP contribution in [0.4, 0.5) is 14.5 Å². The first-order chi connectivity index (χ1) is 21.3. The van der Waals surface area contributed by atoms with Crippen LogP contribution in [0.2, 0.25) is 0 Å². The van der Waals surface area contributed by atoms with Crippen molar-refractivity contribution in [3.63, 3.8) is 0 Å². The normalized spacial score (nSPS) is 23.1. The van der Waals surface area contributed by atoms with Gasteiger partial charge in [-0.3, -0.25) is 4.57 Å². The topological polar surface area (TPSA) is 147 Å². The van der Waals surface area contributed by atoms with Crippen LogP contribution in [0, 0.1) is 18.6 Å². The summed E-state index contributed by atoms with van der Waals surface area (Å²) in [5.41, 5.74) is 1.98. The lowest BCUT2D eigenvalue weighted by Crippen LogP contribution is -2.45. The number of fused-ring (bicyclic) bond motifs is 1. The number of thiazole rings is 1. The lowest BCUT2D eigenvalue weighted by Gasteiger charge is -2.38. The molecule has 0 bridgehead atoms. The highest BCUT2D eigenvalue weighted by atomic mass is 32.1. The Labute approximate surface area is 254 Å². The molecule has 44 heavy (non-hydrogen) atoms. The molecule has 12 nitrogen and oxygen atoms in total. The number of aliphatic hydroxyl groups is 3. The van der Waals surface area contributed by atoms with Crippen LogP contribution in [0.25, 0.3) is 27.2 Å². The predicted molar refractivity (Wildman–Crippen MR) is 156 cm³/mol. The largest absolute Gasteiger partial charge is 0.394 e. The Kier molecular flexibility index (Phi) is 7.58. The number of hydrogen-bond acceptors (Lipinski definition) is 11. The van der Waals surface area contributed by atoms with Gasteiger partial charge in [-0.1, -0.05) is 5.21 Å². The van der Waals surface area contributed by atoms with Gasteiger partial charge in [0.1, 0.15) is 47.7 Å².